The van der Waals surface area contributed by atoms with E-state index in [0.717, 1.165) is 16.7 Å². The van der Waals surface area contributed by atoms with Gasteiger partial charge in [-0.25, -0.2) is 4.79 Å². The second-order valence-electron chi connectivity index (χ2n) is 7.63. The van der Waals surface area contributed by atoms with E-state index in [1.165, 1.54) is 4.90 Å². The van der Waals surface area contributed by atoms with Crippen LogP contribution in [0.15, 0.2) is 59.0 Å². The van der Waals surface area contributed by atoms with E-state index in [1.807, 2.05) is 49.4 Å². The lowest BCUT2D eigenvalue weighted by atomic mass is 9.92. The van der Waals surface area contributed by atoms with E-state index >= 15 is 0 Å². The van der Waals surface area contributed by atoms with Gasteiger partial charge < -0.3 is 9.73 Å². The number of imide groups is 1. The molecule has 6 nitrogen and oxygen atoms in total. The lowest BCUT2D eigenvalue weighted by molar-refractivity contribution is -0.131. The van der Waals surface area contributed by atoms with E-state index in [9.17, 15) is 14.9 Å². The lowest BCUT2D eigenvalue weighted by Crippen LogP contribution is -2.41. The molecule has 1 N–H and O–H groups in total. The number of carbonyl (C=O) groups is 2. The number of benzene rings is 2. The van der Waals surface area contributed by atoms with Gasteiger partial charge in [0.15, 0.2) is 0 Å². The Labute approximate surface area is 174 Å². The molecule has 150 valence electrons. The van der Waals surface area contributed by atoms with Crippen LogP contribution in [0.2, 0.25) is 0 Å². The predicted octanol–water partition coefficient (Wildman–Crippen LogP) is 4.40. The molecule has 0 saturated carbocycles. The third-order valence-electron chi connectivity index (χ3n) is 5.51. The number of rotatable bonds is 4. The Morgan fingerprint density at radius 2 is 1.80 bits per heavy atom. The molecule has 1 atom stereocenters. The Morgan fingerprint density at radius 1 is 1.10 bits per heavy atom. The van der Waals surface area contributed by atoms with Crippen LogP contribution in [-0.4, -0.2) is 16.8 Å². The number of urea groups is 1. The molecule has 1 aliphatic heterocycles. The zero-order valence-corrected chi connectivity index (χ0v) is 17.0. The largest absolute Gasteiger partial charge is 0.466 e. The van der Waals surface area contributed by atoms with Crippen molar-refractivity contribution in [2.75, 3.05) is 0 Å². The second-order valence-corrected chi connectivity index (χ2v) is 7.63. The fraction of sp³-hybridized carbons (Fsp3) is 0.208. The molecule has 1 aliphatic rings. The van der Waals surface area contributed by atoms with Gasteiger partial charge in [-0.1, -0.05) is 42.5 Å². The Hall–Kier alpha value is -3.85. The van der Waals surface area contributed by atoms with Crippen molar-refractivity contribution in [1.29, 1.82) is 5.26 Å². The van der Waals surface area contributed by atoms with Crippen LogP contribution in [0.1, 0.15) is 35.1 Å². The SMILES string of the molecule is Cc1cc(C2(C)NC(=O)N(Cc3ccc(-c4ccccc4C#N)cc3)C2=O)c(C)o1. The number of hydrogen-bond donors (Lipinski definition) is 1. The number of amides is 3. The van der Waals surface area contributed by atoms with Gasteiger partial charge in [0, 0.05) is 5.56 Å². The predicted molar refractivity (Wildman–Crippen MR) is 111 cm³/mol. The van der Waals surface area contributed by atoms with Crippen LogP contribution < -0.4 is 5.32 Å². The zero-order chi connectivity index (χ0) is 21.5. The van der Waals surface area contributed by atoms with Gasteiger partial charge in [-0.15, -0.1) is 0 Å². The van der Waals surface area contributed by atoms with Crippen LogP contribution in [0.25, 0.3) is 11.1 Å². The van der Waals surface area contributed by atoms with E-state index < -0.39 is 11.6 Å². The fourth-order valence-electron chi connectivity index (χ4n) is 3.95. The Kier molecular flexibility index (Phi) is 4.67. The number of furan rings is 1. The molecule has 0 radical (unpaired) electrons. The van der Waals surface area contributed by atoms with Gasteiger partial charge in [-0.05, 0) is 49.6 Å². The van der Waals surface area contributed by atoms with Crippen molar-refractivity contribution >= 4 is 11.9 Å². The monoisotopic (exact) mass is 399 g/mol. The van der Waals surface area contributed by atoms with Gasteiger partial charge in [-0.2, -0.15) is 5.26 Å². The summed E-state index contributed by atoms with van der Waals surface area (Å²) in [5.41, 5.74) is 2.69. The summed E-state index contributed by atoms with van der Waals surface area (Å²) in [6, 6.07) is 18.5. The van der Waals surface area contributed by atoms with Crippen LogP contribution in [0.4, 0.5) is 4.79 Å². The Bertz CT molecular complexity index is 1190. The number of hydrogen-bond acceptors (Lipinski definition) is 4. The molecule has 3 aromatic rings. The standard InChI is InChI=1S/C24H21N3O3/c1-15-12-21(16(2)30-15)24(3)22(28)27(23(29)26-24)14-17-8-10-18(11-9-17)20-7-5-4-6-19(20)13-25/h4-12H,14H2,1-3H3,(H,26,29). The van der Waals surface area contributed by atoms with Gasteiger partial charge >= 0.3 is 6.03 Å². The number of nitriles is 1. The van der Waals surface area contributed by atoms with Crippen LogP contribution >= 0.6 is 0 Å². The minimum absolute atomic E-state index is 0.163. The van der Waals surface area contributed by atoms with Gasteiger partial charge in [0.2, 0.25) is 0 Å². The first-order valence-corrected chi connectivity index (χ1v) is 9.63. The molecular formula is C24H21N3O3. The van der Waals surface area contributed by atoms with Crippen LogP contribution in [0.3, 0.4) is 0 Å². The molecule has 3 amide bonds. The molecular weight excluding hydrogens is 378 g/mol. The van der Waals surface area contributed by atoms with Crippen molar-refractivity contribution in [2.24, 2.45) is 0 Å². The van der Waals surface area contributed by atoms with Crippen molar-refractivity contribution < 1.29 is 14.0 Å². The first-order chi connectivity index (χ1) is 14.3. The van der Waals surface area contributed by atoms with E-state index in [-0.39, 0.29) is 12.5 Å². The highest BCUT2D eigenvalue weighted by Crippen LogP contribution is 2.33. The molecule has 30 heavy (non-hydrogen) atoms. The summed E-state index contributed by atoms with van der Waals surface area (Å²) in [6.07, 6.45) is 0. The molecule has 0 aliphatic carbocycles. The molecule has 4 rings (SSSR count). The average molecular weight is 399 g/mol. The topological polar surface area (TPSA) is 86.3 Å². The smallest absolute Gasteiger partial charge is 0.325 e. The van der Waals surface area contributed by atoms with Crippen molar-refractivity contribution in [3.63, 3.8) is 0 Å². The van der Waals surface area contributed by atoms with Crippen LogP contribution in [0, 0.1) is 25.2 Å². The molecule has 1 fully saturated rings. The summed E-state index contributed by atoms with van der Waals surface area (Å²) in [6.45, 7) is 5.46. The molecule has 1 aromatic heterocycles. The minimum atomic E-state index is -1.15. The van der Waals surface area contributed by atoms with Crippen molar-refractivity contribution in [3.05, 3.63) is 82.8 Å². The highest BCUT2D eigenvalue weighted by Gasteiger charge is 2.50. The maximum atomic E-state index is 13.1. The summed E-state index contributed by atoms with van der Waals surface area (Å²) in [5, 5.41) is 12.1. The summed E-state index contributed by atoms with van der Waals surface area (Å²) in [7, 11) is 0. The van der Waals surface area contributed by atoms with Crippen molar-refractivity contribution in [1.82, 2.24) is 10.2 Å². The zero-order valence-electron chi connectivity index (χ0n) is 17.0. The highest BCUT2D eigenvalue weighted by atomic mass is 16.3. The Balaban J connectivity index is 1.58. The molecule has 2 aromatic carbocycles. The summed E-state index contributed by atoms with van der Waals surface area (Å²) < 4.78 is 5.56. The first-order valence-electron chi connectivity index (χ1n) is 9.63. The van der Waals surface area contributed by atoms with Crippen molar-refractivity contribution in [2.45, 2.75) is 32.9 Å². The fourth-order valence-corrected chi connectivity index (χ4v) is 3.95. The van der Waals surface area contributed by atoms with Crippen LogP contribution in [-0.2, 0) is 16.9 Å². The van der Waals surface area contributed by atoms with E-state index in [4.69, 9.17) is 4.42 Å². The number of nitrogens with one attached hydrogen (secondary N) is 1. The minimum Gasteiger partial charge on any atom is -0.466 e. The normalized spacial score (nSPS) is 18.4. The molecule has 2 heterocycles. The van der Waals surface area contributed by atoms with E-state index in [2.05, 4.69) is 11.4 Å². The quantitative estimate of drug-likeness (QED) is 0.659. The Morgan fingerprint density at radius 3 is 2.43 bits per heavy atom. The summed E-state index contributed by atoms with van der Waals surface area (Å²) in [4.78, 5) is 27.0. The first kappa shape index (κ1) is 19.5. The summed E-state index contributed by atoms with van der Waals surface area (Å²) in [5.74, 6) is 0.999. The third kappa shape index (κ3) is 3.15. The van der Waals surface area contributed by atoms with E-state index in [1.54, 1.807) is 26.0 Å². The summed E-state index contributed by atoms with van der Waals surface area (Å²) >= 11 is 0. The maximum Gasteiger partial charge on any atom is 0.325 e. The lowest BCUT2D eigenvalue weighted by Gasteiger charge is -2.21. The number of carbonyl (C=O) groups excluding carboxylic acids is 2. The third-order valence-corrected chi connectivity index (χ3v) is 5.51. The van der Waals surface area contributed by atoms with Gasteiger partial charge in [0.1, 0.15) is 17.1 Å². The van der Waals surface area contributed by atoms with Gasteiger partial charge in [-0.3, -0.25) is 9.69 Å². The molecule has 6 heteroatoms. The van der Waals surface area contributed by atoms with Gasteiger partial charge in [0.05, 0.1) is 18.2 Å². The number of nitrogens with zero attached hydrogens (tertiary/aromatic N) is 2. The highest BCUT2D eigenvalue weighted by molar-refractivity contribution is 6.07. The van der Waals surface area contributed by atoms with Gasteiger partial charge in [0.25, 0.3) is 5.91 Å². The number of aryl methyl sites for hydroxylation is 2. The molecule has 1 saturated heterocycles. The van der Waals surface area contributed by atoms with Crippen molar-refractivity contribution in [3.8, 4) is 17.2 Å². The molecule has 1 unspecified atom stereocenters. The average Bonchev–Trinajstić information content (AvgIpc) is 3.19. The molecule has 0 bridgehead atoms. The maximum absolute atomic E-state index is 13.1. The van der Waals surface area contributed by atoms with Crippen LogP contribution in [0.5, 0.6) is 0 Å². The van der Waals surface area contributed by atoms with E-state index in [0.29, 0.717) is 22.6 Å². The molecule has 0 spiro atoms. The second kappa shape index (κ2) is 7.20.